The van der Waals surface area contributed by atoms with Gasteiger partial charge in [0.05, 0.1) is 11.6 Å². The zero-order chi connectivity index (χ0) is 24.5. The molecular weight excluding hydrogens is 432 g/mol. The molecule has 0 aliphatic carbocycles. The van der Waals surface area contributed by atoms with E-state index in [-0.39, 0.29) is 48.6 Å². The Bertz CT molecular complexity index is 963. The van der Waals surface area contributed by atoms with Gasteiger partial charge >= 0.3 is 0 Å². The number of carbonyl (C=O) groups excluding carboxylic acids is 4. The van der Waals surface area contributed by atoms with Crippen LogP contribution in [0.5, 0.6) is 0 Å². The first-order valence-electron chi connectivity index (χ1n) is 12.4. The van der Waals surface area contributed by atoms with Crippen LogP contribution >= 0.6 is 0 Å². The van der Waals surface area contributed by atoms with E-state index in [2.05, 4.69) is 22.8 Å². The van der Waals surface area contributed by atoms with Crippen LogP contribution in [0.2, 0.25) is 0 Å². The molecule has 8 heteroatoms. The number of rotatable bonds is 5. The molecule has 1 aromatic rings. The SMILES string of the molecule is CC1(C)C(=O)NCCN1C(=O)CCC(=O)N1[C@H](Cc2ccccc2)C[C@]2(C)NC(=O)CCC[C@H]12. The Morgan fingerprint density at radius 3 is 2.50 bits per heavy atom. The molecule has 1 aromatic carbocycles. The number of likely N-dealkylation sites (tertiary alicyclic amines) is 1. The molecule has 3 saturated heterocycles. The van der Waals surface area contributed by atoms with Gasteiger partial charge in [0.15, 0.2) is 0 Å². The number of nitrogens with zero attached hydrogens (tertiary/aromatic N) is 2. The van der Waals surface area contributed by atoms with Crippen molar-refractivity contribution in [2.45, 2.75) is 88.9 Å². The number of benzene rings is 1. The van der Waals surface area contributed by atoms with Crippen molar-refractivity contribution < 1.29 is 19.2 Å². The van der Waals surface area contributed by atoms with Crippen molar-refractivity contribution >= 4 is 23.6 Å². The molecule has 8 nitrogen and oxygen atoms in total. The number of carbonyl (C=O) groups is 4. The van der Waals surface area contributed by atoms with E-state index in [1.54, 1.807) is 18.7 Å². The van der Waals surface area contributed by atoms with Gasteiger partial charge in [-0.2, -0.15) is 0 Å². The maximum absolute atomic E-state index is 13.6. The standard InChI is InChI=1S/C26H36N4O4/c1-25(2)24(34)27-14-15-29(25)22(32)12-13-23(33)30-19(16-18-8-5-4-6-9-18)17-26(3)20(30)10-7-11-21(31)28-26/h4-6,8-9,19-20H,7,10-17H2,1-3H3,(H,27,34)(H,28,31)/t19-,20+,26+/m1/s1. The summed E-state index contributed by atoms with van der Waals surface area (Å²) in [5, 5.41) is 6.00. The molecule has 3 aliphatic heterocycles. The van der Waals surface area contributed by atoms with Crippen LogP contribution in [0.25, 0.3) is 0 Å². The lowest BCUT2D eigenvalue weighted by Gasteiger charge is -2.41. The normalized spacial score (nSPS) is 28.6. The Morgan fingerprint density at radius 2 is 1.76 bits per heavy atom. The highest BCUT2D eigenvalue weighted by Crippen LogP contribution is 2.40. The second-order valence-electron chi connectivity index (χ2n) is 10.6. The number of fused-ring (bicyclic) bond motifs is 1. The molecule has 3 atom stereocenters. The summed E-state index contributed by atoms with van der Waals surface area (Å²) in [4.78, 5) is 54.8. The minimum Gasteiger partial charge on any atom is -0.352 e. The van der Waals surface area contributed by atoms with E-state index >= 15 is 0 Å². The summed E-state index contributed by atoms with van der Waals surface area (Å²) < 4.78 is 0. The molecule has 4 rings (SSSR count). The van der Waals surface area contributed by atoms with Gasteiger partial charge in [-0.05, 0) is 52.0 Å². The zero-order valence-corrected chi connectivity index (χ0v) is 20.4. The maximum Gasteiger partial charge on any atom is 0.245 e. The number of nitrogens with one attached hydrogen (secondary N) is 2. The highest BCUT2D eigenvalue weighted by atomic mass is 16.2. The average Bonchev–Trinajstić information content (AvgIpc) is 2.95. The molecule has 0 radical (unpaired) electrons. The van der Waals surface area contributed by atoms with Gasteiger partial charge < -0.3 is 20.4 Å². The third kappa shape index (κ3) is 4.68. The van der Waals surface area contributed by atoms with E-state index in [0.29, 0.717) is 32.4 Å². The van der Waals surface area contributed by atoms with Gasteiger partial charge in [0.1, 0.15) is 5.54 Å². The third-order valence-corrected chi connectivity index (χ3v) is 7.74. The average molecular weight is 469 g/mol. The molecule has 184 valence electrons. The lowest BCUT2D eigenvalue weighted by molar-refractivity contribution is -0.150. The van der Waals surface area contributed by atoms with E-state index in [4.69, 9.17) is 0 Å². The van der Waals surface area contributed by atoms with E-state index in [0.717, 1.165) is 18.4 Å². The molecule has 0 unspecified atom stereocenters. The van der Waals surface area contributed by atoms with Crippen molar-refractivity contribution in [1.29, 1.82) is 0 Å². The van der Waals surface area contributed by atoms with Gasteiger partial charge in [-0.25, -0.2) is 0 Å². The summed E-state index contributed by atoms with van der Waals surface area (Å²) in [6, 6.07) is 9.94. The zero-order valence-electron chi connectivity index (χ0n) is 20.4. The second kappa shape index (κ2) is 9.39. The van der Waals surface area contributed by atoms with Gasteiger partial charge in [0.25, 0.3) is 0 Å². The Balaban J connectivity index is 1.51. The Kier molecular flexibility index (Phi) is 6.69. The predicted molar refractivity (Wildman–Crippen MR) is 128 cm³/mol. The molecule has 2 N–H and O–H groups in total. The smallest absolute Gasteiger partial charge is 0.245 e. The van der Waals surface area contributed by atoms with Crippen molar-refractivity contribution in [3.63, 3.8) is 0 Å². The molecule has 0 spiro atoms. The van der Waals surface area contributed by atoms with Crippen LogP contribution in [0.4, 0.5) is 0 Å². The molecule has 3 fully saturated rings. The van der Waals surface area contributed by atoms with Gasteiger partial charge in [0, 0.05) is 38.4 Å². The number of hydrogen-bond donors (Lipinski definition) is 2. The van der Waals surface area contributed by atoms with Crippen molar-refractivity contribution in [2.24, 2.45) is 0 Å². The Hall–Kier alpha value is -2.90. The monoisotopic (exact) mass is 468 g/mol. The molecular formula is C26H36N4O4. The first-order valence-corrected chi connectivity index (χ1v) is 12.4. The number of amides is 4. The summed E-state index contributed by atoms with van der Waals surface area (Å²) in [7, 11) is 0. The molecule has 4 amide bonds. The van der Waals surface area contributed by atoms with Crippen molar-refractivity contribution in [1.82, 2.24) is 20.4 Å². The largest absolute Gasteiger partial charge is 0.352 e. The molecule has 0 bridgehead atoms. The predicted octanol–water partition coefficient (Wildman–Crippen LogP) is 1.77. The lowest BCUT2D eigenvalue weighted by atomic mass is 9.88. The highest BCUT2D eigenvalue weighted by molar-refractivity contribution is 5.93. The first kappa shape index (κ1) is 24.2. The molecule has 3 heterocycles. The van der Waals surface area contributed by atoms with Crippen LogP contribution in [0.15, 0.2) is 30.3 Å². The van der Waals surface area contributed by atoms with Gasteiger partial charge in [-0.3, -0.25) is 19.2 Å². The van der Waals surface area contributed by atoms with Gasteiger partial charge in [-0.1, -0.05) is 30.3 Å². The first-order chi connectivity index (χ1) is 16.1. The highest BCUT2D eigenvalue weighted by Gasteiger charge is 2.52. The molecule has 0 saturated carbocycles. The van der Waals surface area contributed by atoms with E-state index in [9.17, 15) is 19.2 Å². The lowest BCUT2D eigenvalue weighted by Crippen LogP contribution is -2.63. The summed E-state index contributed by atoms with van der Waals surface area (Å²) >= 11 is 0. The summed E-state index contributed by atoms with van der Waals surface area (Å²) in [6.45, 7) is 6.38. The third-order valence-electron chi connectivity index (χ3n) is 7.74. The van der Waals surface area contributed by atoms with Crippen molar-refractivity contribution in [2.75, 3.05) is 13.1 Å². The fourth-order valence-corrected chi connectivity index (χ4v) is 5.96. The van der Waals surface area contributed by atoms with Crippen LogP contribution in [-0.4, -0.2) is 69.7 Å². The number of piperazine rings is 1. The van der Waals surface area contributed by atoms with Crippen LogP contribution in [0, 0.1) is 0 Å². The van der Waals surface area contributed by atoms with E-state index in [1.165, 1.54) is 0 Å². The van der Waals surface area contributed by atoms with Crippen LogP contribution < -0.4 is 10.6 Å². The Morgan fingerprint density at radius 1 is 1.06 bits per heavy atom. The maximum atomic E-state index is 13.6. The summed E-state index contributed by atoms with van der Waals surface area (Å²) in [5.41, 5.74) is -0.250. The summed E-state index contributed by atoms with van der Waals surface area (Å²) in [5.74, 6) is -0.369. The number of hydrogen-bond acceptors (Lipinski definition) is 4. The second-order valence-corrected chi connectivity index (χ2v) is 10.6. The van der Waals surface area contributed by atoms with Gasteiger partial charge in [-0.15, -0.1) is 0 Å². The van der Waals surface area contributed by atoms with Crippen LogP contribution in [-0.2, 0) is 25.6 Å². The fourth-order valence-electron chi connectivity index (χ4n) is 5.96. The van der Waals surface area contributed by atoms with Crippen LogP contribution in [0.1, 0.15) is 64.9 Å². The Labute approximate surface area is 201 Å². The van der Waals surface area contributed by atoms with Crippen LogP contribution in [0.3, 0.4) is 0 Å². The van der Waals surface area contributed by atoms with Crippen molar-refractivity contribution in [3.8, 4) is 0 Å². The summed E-state index contributed by atoms with van der Waals surface area (Å²) in [6.07, 6.45) is 3.55. The van der Waals surface area contributed by atoms with Crippen molar-refractivity contribution in [3.05, 3.63) is 35.9 Å². The molecule has 0 aromatic heterocycles. The van der Waals surface area contributed by atoms with Gasteiger partial charge in [0.2, 0.25) is 23.6 Å². The quantitative estimate of drug-likeness (QED) is 0.688. The topological polar surface area (TPSA) is 98.8 Å². The molecule has 3 aliphatic rings. The minimum atomic E-state index is -0.925. The van der Waals surface area contributed by atoms with E-state index < -0.39 is 11.1 Å². The van der Waals surface area contributed by atoms with E-state index in [1.807, 2.05) is 30.0 Å². The minimum absolute atomic E-state index is 0.0403. The fraction of sp³-hybridized carbons (Fsp3) is 0.615. The molecule has 34 heavy (non-hydrogen) atoms.